The van der Waals surface area contributed by atoms with Crippen molar-refractivity contribution in [2.24, 2.45) is 0 Å². The number of nitrogens with two attached hydrogens (primary N) is 1. The van der Waals surface area contributed by atoms with Crippen LogP contribution in [0.3, 0.4) is 0 Å². The van der Waals surface area contributed by atoms with E-state index < -0.39 is 0 Å². The molecule has 1 amide bonds. The fraction of sp³-hybridized carbons (Fsp3) is 0.357. The number of aryl methyl sites for hydroxylation is 1. The summed E-state index contributed by atoms with van der Waals surface area (Å²) in [4.78, 5) is 15.6. The molecule has 4 N–H and O–H groups in total. The van der Waals surface area contributed by atoms with Gasteiger partial charge in [0.2, 0.25) is 11.9 Å². The maximum absolute atomic E-state index is 11.7. The summed E-state index contributed by atoms with van der Waals surface area (Å²) in [6.45, 7) is 0.311. The molecule has 1 aromatic carbocycles. The number of nitrogen functional groups attached to an aromatic ring is 1. The van der Waals surface area contributed by atoms with Crippen molar-refractivity contribution < 1.29 is 9.53 Å². The zero-order valence-corrected chi connectivity index (χ0v) is 11.9. The zero-order chi connectivity index (χ0) is 15.1. The van der Waals surface area contributed by atoms with Gasteiger partial charge in [-0.25, -0.2) is 0 Å². The first kappa shape index (κ1) is 14.8. The number of H-pyrrole nitrogens is 1. The van der Waals surface area contributed by atoms with Crippen molar-refractivity contribution in [3.05, 3.63) is 35.7 Å². The van der Waals surface area contributed by atoms with E-state index in [-0.39, 0.29) is 11.9 Å². The minimum absolute atomic E-state index is 0.0153. The monoisotopic (exact) mass is 289 g/mol. The highest BCUT2D eigenvalue weighted by atomic mass is 16.5. The fourth-order valence-electron chi connectivity index (χ4n) is 1.91. The number of ether oxygens (including phenoxy) is 1. The highest BCUT2D eigenvalue weighted by molar-refractivity contribution is 5.75. The smallest absolute Gasteiger partial charge is 0.239 e. The van der Waals surface area contributed by atoms with Gasteiger partial charge in [0.25, 0.3) is 0 Å². The fourth-order valence-corrected chi connectivity index (χ4v) is 1.91. The largest absolute Gasteiger partial charge is 0.497 e. The van der Waals surface area contributed by atoms with Gasteiger partial charge in [0.05, 0.1) is 13.7 Å². The van der Waals surface area contributed by atoms with E-state index in [0.717, 1.165) is 18.6 Å². The summed E-state index contributed by atoms with van der Waals surface area (Å²) in [7, 11) is 1.64. The molecule has 0 radical (unpaired) electrons. The van der Waals surface area contributed by atoms with Crippen LogP contribution in [0.5, 0.6) is 5.75 Å². The molecule has 2 rings (SSSR count). The number of aromatic nitrogens is 3. The first-order valence-electron chi connectivity index (χ1n) is 6.74. The van der Waals surface area contributed by atoms with Crippen molar-refractivity contribution in [2.45, 2.75) is 25.8 Å². The second kappa shape index (κ2) is 7.28. The molecule has 0 atom stereocenters. The summed E-state index contributed by atoms with van der Waals surface area (Å²) in [5.74, 6) is 1.55. The highest BCUT2D eigenvalue weighted by Gasteiger charge is 2.04. The lowest BCUT2D eigenvalue weighted by molar-refractivity contribution is -0.121. The first-order chi connectivity index (χ1) is 10.2. The van der Waals surface area contributed by atoms with Gasteiger partial charge in [0.1, 0.15) is 11.6 Å². The highest BCUT2D eigenvalue weighted by Crippen LogP contribution is 2.13. The number of rotatable bonds is 7. The van der Waals surface area contributed by atoms with Crippen LogP contribution < -0.4 is 15.8 Å². The van der Waals surface area contributed by atoms with Gasteiger partial charge in [-0.2, -0.15) is 4.98 Å². The molecule has 0 aliphatic rings. The van der Waals surface area contributed by atoms with E-state index in [2.05, 4.69) is 20.5 Å². The number of nitrogens with zero attached hydrogens (tertiary/aromatic N) is 2. The molecule has 7 heteroatoms. The predicted octanol–water partition coefficient (Wildman–Crippen LogP) is 1.03. The zero-order valence-electron chi connectivity index (χ0n) is 11.9. The van der Waals surface area contributed by atoms with Crippen molar-refractivity contribution in [1.82, 2.24) is 20.5 Å². The van der Waals surface area contributed by atoms with Crippen LogP contribution in [0.25, 0.3) is 0 Å². The Morgan fingerprint density at radius 3 is 2.76 bits per heavy atom. The standard InChI is InChI=1S/C14H19N5O2/c1-21-11-7-5-10(6-8-11)3-2-4-13(20)16-9-12-17-14(15)19-18-12/h5-8H,2-4,9H2,1H3,(H,16,20)(H3,15,17,18,19). The number of carbonyl (C=O) groups excluding carboxylic acids is 1. The Labute approximate surface area is 122 Å². The summed E-state index contributed by atoms with van der Waals surface area (Å²) in [5, 5.41) is 9.10. The quantitative estimate of drug-likeness (QED) is 0.706. The van der Waals surface area contributed by atoms with E-state index in [4.69, 9.17) is 10.5 Å². The SMILES string of the molecule is COc1ccc(CCCC(=O)NCc2nc(N)n[nH]2)cc1. The second-order valence-electron chi connectivity index (χ2n) is 4.62. The van der Waals surface area contributed by atoms with Gasteiger partial charge < -0.3 is 15.8 Å². The van der Waals surface area contributed by atoms with Crippen molar-refractivity contribution in [2.75, 3.05) is 12.8 Å². The third kappa shape index (κ3) is 4.79. The lowest BCUT2D eigenvalue weighted by Gasteiger charge is -2.04. The number of amides is 1. The molecule has 1 aromatic heterocycles. The Kier molecular flexibility index (Phi) is 5.14. The summed E-state index contributed by atoms with van der Waals surface area (Å²) in [6.07, 6.45) is 2.11. The Bertz CT molecular complexity index is 579. The van der Waals surface area contributed by atoms with Crippen molar-refractivity contribution in [1.29, 1.82) is 0 Å². The number of hydrogen-bond acceptors (Lipinski definition) is 5. The molecule has 0 spiro atoms. The van der Waals surface area contributed by atoms with Gasteiger partial charge in [-0.1, -0.05) is 12.1 Å². The molecule has 7 nitrogen and oxygen atoms in total. The molecule has 2 aromatic rings. The van der Waals surface area contributed by atoms with Crippen LogP contribution in [0.4, 0.5) is 5.95 Å². The molecule has 0 bridgehead atoms. The summed E-state index contributed by atoms with van der Waals surface area (Å²) < 4.78 is 5.10. The maximum atomic E-state index is 11.7. The lowest BCUT2D eigenvalue weighted by Crippen LogP contribution is -2.23. The molecular formula is C14H19N5O2. The molecule has 0 saturated heterocycles. The first-order valence-corrected chi connectivity index (χ1v) is 6.74. The van der Waals surface area contributed by atoms with Crippen LogP contribution in [0, 0.1) is 0 Å². The average Bonchev–Trinajstić information content (AvgIpc) is 2.91. The number of hydrogen-bond donors (Lipinski definition) is 3. The minimum Gasteiger partial charge on any atom is -0.497 e. The summed E-state index contributed by atoms with van der Waals surface area (Å²) in [6, 6.07) is 7.86. The average molecular weight is 289 g/mol. The van der Waals surface area contributed by atoms with Crippen LogP contribution in [0.2, 0.25) is 0 Å². The van der Waals surface area contributed by atoms with Crippen LogP contribution >= 0.6 is 0 Å². The predicted molar refractivity (Wildman–Crippen MR) is 78.6 cm³/mol. The van der Waals surface area contributed by atoms with E-state index in [9.17, 15) is 4.79 Å². The summed E-state index contributed by atoms with van der Waals surface area (Å²) >= 11 is 0. The maximum Gasteiger partial charge on any atom is 0.239 e. The topological polar surface area (TPSA) is 106 Å². The second-order valence-corrected chi connectivity index (χ2v) is 4.62. The number of nitrogens with one attached hydrogen (secondary N) is 2. The molecule has 0 fully saturated rings. The molecule has 112 valence electrons. The van der Waals surface area contributed by atoms with E-state index in [1.54, 1.807) is 7.11 Å². The Hall–Kier alpha value is -2.57. The number of aromatic amines is 1. The van der Waals surface area contributed by atoms with E-state index in [1.165, 1.54) is 5.56 Å². The molecule has 0 unspecified atom stereocenters. The Morgan fingerprint density at radius 2 is 2.14 bits per heavy atom. The Morgan fingerprint density at radius 1 is 1.38 bits per heavy atom. The van der Waals surface area contributed by atoms with E-state index >= 15 is 0 Å². The van der Waals surface area contributed by atoms with Crippen molar-refractivity contribution >= 4 is 11.9 Å². The van der Waals surface area contributed by atoms with Gasteiger partial charge in [-0.3, -0.25) is 9.89 Å². The number of benzene rings is 1. The van der Waals surface area contributed by atoms with Crippen LogP contribution in [-0.2, 0) is 17.8 Å². The van der Waals surface area contributed by atoms with Crippen LogP contribution in [-0.4, -0.2) is 28.2 Å². The number of carbonyl (C=O) groups is 1. The molecule has 1 heterocycles. The number of anilines is 1. The van der Waals surface area contributed by atoms with Crippen molar-refractivity contribution in [3.63, 3.8) is 0 Å². The van der Waals surface area contributed by atoms with Crippen LogP contribution in [0.15, 0.2) is 24.3 Å². The molecular weight excluding hydrogens is 270 g/mol. The van der Waals surface area contributed by atoms with Gasteiger partial charge in [-0.15, -0.1) is 5.10 Å². The molecule has 0 aliphatic heterocycles. The van der Waals surface area contributed by atoms with Gasteiger partial charge in [-0.05, 0) is 30.5 Å². The van der Waals surface area contributed by atoms with Gasteiger partial charge in [0, 0.05) is 6.42 Å². The molecule has 21 heavy (non-hydrogen) atoms. The molecule has 0 saturated carbocycles. The Balaban J connectivity index is 1.66. The van der Waals surface area contributed by atoms with E-state index in [0.29, 0.717) is 18.8 Å². The normalized spacial score (nSPS) is 10.3. The summed E-state index contributed by atoms with van der Waals surface area (Å²) in [5.41, 5.74) is 6.56. The van der Waals surface area contributed by atoms with Gasteiger partial charge in [0.15, 0.2) is 0 Å². The van der Waals surface area contributed by atoms with E-state index in [1.807, 2.05) is 24.3 Å². The third-order valence-electron chi connectivity index (χ3n) is 3.03. The van der Waals surface area contributed by atoms with Crippen LogP contribution in [0.1, 0.15) is 24.2 Å². The molecule has 0 aliphatic carbocycles. The lowest BCUT2D eigenvalue weighted by atomic mass is 10.1. The number of methoxy groups -OCH3 is 1. The minimum atomic E-state index is -0.0153. The van der Waals surface area contributed by atoms with Gasteiger partial charge >= 0.3 is 0 Å². The van der Waals surface area contributed by atoms with Crippen molar-refractivity contribution in [3.8, 4) is 5.75 Å². The third-order valence-corrected chi connectivity index (χ3v) is 3.03.